The fourth-order valence-electron chi connectivity index (χ4n) is 3.68. The van der Waals surface area contributed by atoms with Gasteiger partial charge in [-0.1, -0.05) is 24.3 Å². The molecule has 0 N–H and O–H groups in total. The molecule has 0 fully saturated rings. The quantitative estimate of drug-likeness (QED) is 0.585. The second kappa shape index (κ2) is 9.92. The Morgan fingerprint density at radius 3 is 1.11 bits per heavy atom. The molecule has 0 atom stereocenters. The van der Waals surface area contributed by atoms with E-state index >= 15 is 0 Å². The maximum Gasteiger partial charge on any atom is 0.406 e. The Hall–Kier alpha value is -1.82. The van der Waals surface area contributed by atoms with E-state index in [0.29, 0.717) is 0 Å². The number of hydrogen-bond donors (Lipinski definition) is 0. The Bertz CT molecular complexity index is 619. The van der Waals surface area contributed by atoms with Crippen molar-refractivity contribution < 1.29 is 8.85 Å². The molecule has 4 nitrogen and oxygen atoms in total. The first-order chi connectivity index (χ1) is 13.1. The lowest BCUT2D eigenvalue weighted by atomic mass is 10.3. The maximum absolute atomic E-state index is 6.05. The minimum atomic E-state index is -2.69. The summed E-state index contributed by atoms with van der Waals surface area (Å²) >= 11 is 0. The molecule has 0 aliphatic heterocycles. The molecule has 0 aliphatic carbocycles. The van der Waals surface area contributed by atoms with Crippen LogP contribution >= 0.6 is 0 Å². The number of benzene rings is 2. The van der Waals surface area contributed by atoms with Crippen molar-refractivity contribution in [2.75, 3.05) is 50.2 Å². The fraction of sp³-hybridized carbons (Fsp3) is 0.455. The van der Waals surface area contributed by atoms with Gasteiger partial charge in [-0.3, -0.25) is 0 Å². The molecule has 0 aliphatic rings. The third-order valence-corrected chi connectivity index (χ3v) is 8.66. The van der Waals surface area contributed by atoms with Gasteiger partial charge in [0.05, 0.1) is 0 Å². The number of rotatable bonds is 10. The van der Waals surface area contributed by atoms with Gasteiger partial charge in [-0.15, -0.1) is 0 Å². The van der Waals surface area contributed by atoms with Crippen molar-refractivity contribution in [3.8, 4) is 0 Å². The molecule has 0 amide bonds. The Morgan fingerprint density at radius 1 is 0.593 bits per heavy atom. The van der Waals surface area contributed by atoms with Crippen LogP contribution in [0.25, 0.3) is 0 Å². The van der Waals surface area contributed by atoms with Crippen LogP contribution in [0.15, 0.2) is 48.5 Å². The Labute approximate surface area is 166 Å². The number of nitrogens with zero attached hydrogens (tertiary/aromatic N) is 2. The zero-order chi connectivity index (χ0) is 19.9. The first-order valence-electron chi connectivity index (χ1n) is 9.91. The predicted octanol–water partition coefficient (Wildman–Crippen LogP) is 3.23. The molecule has 0 heterocycles. The molecule has 0 radical (unpaired) electrons. The topological polar surface area (TPSA) is 24.9 Å². The van der Waals surface area contributed by atoms with Gasteiger partial charge in [0, 0.05) is 51.8 Å². The molecule has 0 spiro atoms. The smallest absolute Gasteiger partial charge is 0.391 e. The van der Waals surface area contributed by atoms with E-state index in [4.69, 9.17) is 8.85 Å². The number of hydrogen-bond acceptors (Lipinski definition) is 4. The molecule has 0 bridgehead atoms. The fourth-order valence-corrected chi connectivity index (χ4v) is 6.34. The summed E-state index contributed by atoms with van der Waals surface area (Å²) in [6.45, 7) is 12.7. The van der Waals surface area contributed by atoms with Gasteiger partial charge in [0.15, 0.2) is 0 Å². The molecule has 2 aromatic carbocycles. The van der Waals surface area contributed by atoms with Crippen LogP contribution in [-0.4, -0.2) is 49.0 Å². The molecule has 0 unspecified atom stereocenters. The SMILES string of the molecule is CCN(CC)c1ccc([Si](OC)(OC)c2ccc(N(CC)CC)cc2)cc1. The van der Waals surface area contributed by atoms with Crippen molar-refractivity contribution in [3.05, 3.63) is 48.5 Å². The lowest BCUT2D eigenvalue weighted by molar-refractivity contribution is 0.272. The van der Waals surface area contributed by atoms with Crippen molar-refractivity contribution in [1.82, 2.24) is 0 Å². The van der Waals surface area contributed by atoms with E-state index in [-0.39, 0.29) is 0 Å². The van der Waals surface area contributed by atoms with E-state index in [1.165, 1.54) is 11.4 Å². The molecule has 0 aromatic heterocycles. The predicted molar refractivity (Wildman–Crippen MR) is 119 cm³/mol. The van der Waals surface area contributed by atoms with E-state index in [0.717, 1.165) is 36.6 Å². The molecule has 27 heavy (non-hydrogen) atoms. The highest BCUT2D eigenvalue weighted by Gasteiger charge is 2.40. The van der Waals surface area contributed by atoms with Crippen LogP contribution in [0.5, 0.6) is 0 Å². The molecule has 2 rings (SSSR count). The van der Waals surface area contributed by atoms with Gasteiger partial charge in [0.25, 0.3) is 0 Å². The van der Waals surface area contributed by atoms with Crippen molar-refractivity contribution in [3.63, 3.8) is 0 Å². The van der Waals surface area contributed by atoms with E-state index in [2.05, 4.69) is 86.0 Å². The van der Waals surface area contributed by atoms with E-state index in [1.54, 1.807) is 14.2 Å². The van der Waals surface area contributed by atoms with Crippen molar-refractivity contribution in [2.24, 2.45) is 0 Å². The summed E-state index contributed by atoms with van der Waals surface area (Å²) in [5, 5.41) is 2.25. The highest BCUT2D eigenvalue weighted by Crippen LogP contribution is 2.17. The Kier molecular flexibility index (Phi) is 7.89. The van der Waals surface area contributed by atoms with Gasteiger partial charge in [-0.05, 0) is 62.3 Å². The van der Waals surface area contributed by atoms with Gasteiger partial charge in [-0.25, -0.2) is 0 Å². The van der Waals surface area contributed by atoms with Gasteiger partial charge in [0.2, 0.25) is 0 Å². The summed E-state index contributed by atoms with van der Waals surface area (Å²) in [6.07, 6.45) is 0. The van der Waals surface area contributed by atoms with Crippen LogP contribution in [-0.2, 0) is 8.85 Å². The van der Waals surface area contributed by atoms with Gasteiger partial charge < -0.3 is 18.7 Å². The third-order valence-electron chi connectivity index (χ3n) is 5.33. The number of anilines is 2. The monoisotopic (exact) mass is 386 g/mol. The van der Waals surface area contributed by atoms with Crippen molar-refractivity contribution in [1.29, 1.82) is 0 Å². The third kappa shape index (κ3) is 4.37. The minimum absolute atomic E-state index is 1.000. The highest BCUT2D eigenvalue weighted by molar-refractivity contribution is 6.92. The van der Waals surface area contributed by atoms with Gasteiger partial charge in [-0.2, -0.15) is 0 Å². The average molecular weight is 387 g/mol. The molecular weight excluding hydrogens is 352 g/mol. The van der Waals surface area contributed by atoms with Gasteiger partial charge in [0.1, 0.15) is 0 Å². The molecule has 2 aromatic rings. The first kappa shape index (κ1) is 21.5. The van der Waals surface area contributed by atoms with Crippen LogP contribution in [0, 0.1) is 0 Å². The van der Waals surface area contributed by atoms with Crippen LogP contribution in [0.1, 0.15) is 27.7 Å². The van der Waals surface area contributed by atoms with E-state index in [9.17, 15) is 0 Å². The lowest BCUT2D eigenvalue weighted by Gasteiger charge is -2.30. The largest absolute Gasteiger partial charge is 0.406 e. The molecule has 148 valence electrons. The zero-order valence-electron chi connectivity index (χ0n) is 17.7. The zero-order valence-corrected chi connectivity index (χ0v) is 18.7. The second-order valence-electron chi connectivity index (χ2n) is 6.46. The van der Waals surface area contributed by atoms with E-state index in [1.807, 2.05) is 0 Å². The lowest BCUT2D eigenvalue weighted by Crippen LogP contribution is -2.62. The van der Waals surface area contributed by atoms with E-state index < -0.39 is 8.56 Å². The van der Waals surface area contributed by atoms with Crippen LogP contribution < -0.4 is 20.2 Å². The standard InChI is InChI=1S/C22H34N2O2Si/c1-7-23(8-2)19-11-15-21(16-12-19)27(25-5,26-6)22-17-13-20(14-18-22)24(9-3)10-4/h11-18H,7-10H2,1-6H3. The van der Waals surface area contributed by atoms with Crippen LogP contribution in [0.4, 0.5) is 11.4 Å². The summed E-state index contributed by atoms with van der Waals surface area (Å²) in [6, 6.07) is 17.3. The minimum Gasteiger partial charge on any atom is -0.391 e. The highest BCUT2D eigenvalue weighted by atomic mass is 28.4. The normalized spacial score (nSPS) is 11.5. The average Bonchev–Trinajstić information content (AvgIpc) is 2.73. The molecule has 0 saturated heterocycles. The van der Waals surface area contributed by atoms with Crippen molar-refractivity contribution >= 4 is 30.3 Å². The second-order valence-corrected chi connectivity index (χ2v) is 9.67. The van der Waals surface area contributed by atoms with Gasteiger partial charge >= 0.3 is 8.56 Å². The summed E-state index contributed by atoms with van der Waals surface area (Å²) in [5.74, 6) is 0. The molecular formula is C22H34N2O2Si. The molecule has 0 saturated carbocycles. The summed E-state index contributed by atoms with van der Waals surface area (Å²) < 4.78 is 12.1. The van der Waals surface area contributed by atoms with Crippen LogP contribution in [0.3, 0.4) is 0 Å². The first-order valence-corrected chi connectivity index (χ1v) is 11.7. The van der Waals surface area contributed by atoms with Crippen LogP contribution in [0.2, 0.25) is 0 Å². The van der Waals surface area contributed by atoms with Crippen molar-refractivity contribution in [2.45, 2.75) is 27.7 Å². The maximum atomic E-state index is 6.05. The summed E-state index contributed by atoms with van der Waals surface area (Å²) in [4.78, 5) is 4.68. The molecule has 5 heteroatoms. The summed E-state index contributed by atoms with van der Waals surface area (Å²) in [7, 11) is 0.824. The Morgan fingerprint density at radius 2 is 0.889 bits per heavy atom. The summed E-state index contributed by atoms with van der Waals surface area (Å²) in [5.41, 5.74) is 2.46. The Balaban J connectivity index is 2.39.